The molecule has 0 spiro atoms. The van der Waals surface area contributed by atoms with Crippen molar-refractivity contribution in [1.29, 1.82) is 0 Å². The molecule has 2 aromatic carbocycles. The highest BCUT2D eigenvalue weighted by Crippen LogP contribution is 2.27. The first-order chi connectivity index (χ1) is 16.2. The molecule has 3 rings (SSSR count). The summed E-state index contributed by atoms with van der Waals surface area (Å²) in [5.74, 6) is 2.14. The van der Waals surface area contributed by atoms with Crippen LogP contribution >= 0.6 is 0 Å². The molecule has 0 atom stereocenters. The van der Waals surface area contributed by atoms with E-state index in [4.69, 9.17) is 14.2 Å². The van der Waals surface area contributed by atoms with Gasteiger partial charge in [0.25, 0.3) is 0 Å². The van der Waals surface area contributed by atoms with E-state index in [0.717, 1.165) is 33.9 Å². The zero-order chi connectivity index (χ0) is 23.3. The quantitative estimate of drug-likeness (QED) is 0.264. The van der Waals surface area contributed by atoms with Crippen molar-refractivity contribution in [2.45, 2.75) is 6.42 Å². The Morgan fingerprint density at radius 3 is 2.09 bits per heavy atom. The van der Waals surface area contributed by atoms with Crippen molar-refractivity contribution in [3.63, 3.8) is 0 Å². The molecule has 170 valence electrons. The van der Waals surface area contributed by atoms with Crippen LogP contribution in [-0.2, 0) is 4.79 Å². The Labute approximate surface area is 194 Å². The number of carbonyl (C=O) groups is 1. The largest absolute Gasteiger partial charge is 0.497 e. The minimum atomic E-state index is -0.156. The van der Waals surface area contributed by atoms with Gasteiger partial charge >= 0.3 is 0 Å². The maximum atomic E-state index is 12.2. The van der Waals surface area contributed by atoms with Crippen molar-refractivity contribution in [1.82, 2.24) is 10.3 Å². The van der Waals surface area contributed by atoms with Crippen LogP contribution < -0.4 is 19.5 Å². The number of methoxy groups -OCH3 is 2. The van der Waals surface area contributed by atoms with E-state index in [2.05, 4.69) is 10.3 Å². The van der Waals surface area contributed by atoms with E-state index in [1.54, 1.807) is 32.7 Å². The molecule has 0 aliphatic heterocycles. The lowest BCUT2D eigenvalue weighted by molar-refractivity contribution is -0.116. The molecule has 0 bridgehead atoms. The third kappa shape index (κ3) is 7.54. The molecule has 3 aromatic rings. The molecule has 33 heavy (non-hydrogen) atoms. The minimum Gasteiger partial charge on any atom is -0.497 e. The minimum absolute atomic E-state index is 0.156. The van der Waals surface area contributed by atoms with Gasteiger partial charge in [0, 0.05) is 18.8 Å². The van der Waals surface area contributed by atoms with Crippen LogP contribution in [0.4, 0.5) is 0 Å². The highest BCUT2D eigenvalue weighted by atomic mass is 16.5. The third-order valence-corrected chi connectivity index (χ3v) is 4.84. The molecule has 1 aromatic heterocycles. The number of hydrogen-bond acceptors (Lipinski definition) is 5. The van der Waals surface area contributed by atoms with Crippen LogP contribution in [-0.4, -0.2) is 38.3 Å². The summed E-state index contributed by atoms with van der Waals surface area (Å²) in [4.78, 5) is 16.2. The molecular formula is C27H28N2O4. The first-order valence-corrected chi connectivity index (χ1v) is 10.7. The summed E-state index contributed by atoms with van der Waals surface area (Å²) in [6, 6.07) is 19.3. The Hall–Kier alpha value is -4.06. The van der Waals surface area contributed by atoms with Gasteiger partial charge in [0.1, 0.15) is 17.2 Å². The Bertz CT molecular complexity index is 1010. The van der Waals surface area contributed by atoms with Crippen LogP contribution in [0.2, 0.25) is 0 Å². The Morgan fingerprint density at radius 2 is 1.55 bits per heavy atom. The van der Waals surface area contributed by atoms with Gasteiger partial charge in [-0.15, -0.1) is 0 Å². The lowest BCUT2D eigenvalue weighted by Crippen LogP contribution is -2.23. The Balaban J connectivity index is 1.60. The molecule has 0 unspecified atom stereocenters. The zero-order valence-electron chi connectivity index (χ0n) is 18.9. The summed E-state index contributed by atoms with van der Waals surface area (Å²) in [6.07, 6.45) is 9.27. The van der Waals surface area contributed by atoms with Crippen molar-refractivity contribution in [3.05, 3.63) is 102 Å². The predicted molar refractivity (Wildman–Crippen MR) is 130 cm³/mol. The van der Waals surface area contributed by atoms with Crippen molar-refractivity contribution in [2.75, 3.05) is 27.4 Å². The molecular weight excluding hydrogens is 416 g/mol. The monoisotopic (exact) mass is 444 g/mol. The van der Waals surface area contributed by atoms with Crippen molar-refractivity contribution in [2.24, 2.45) is 0 Å². The summed E-state index contributed by atoms with van der Waals surface area (Å²) in [6.45, 7) is 1.03. The van der Waals surface area contributed by atoms with Gasteiger partial charge < -0.3 is 19.5 Å². The van der Waals surface area contributed by atoms with Gasteiger partial charge in [-0.25, -0.2) is 0 Å². The molecule has 0 saturated heterocycles. The highest BCUT2D eigenvalue weighted by molar-refractivity contribution is 5.89. The molecule has 0 fully saturated rings. The second kappa shape index (κ2) is 12.7. The molecule has 1 heterocycles. The number of benzene rings is 2. The first-order valence-electron chi connectivity index (χ1n) is 10.7. The van der Waals surface area contributed by atoms with Crippen molar-refractivity contribution >= 4 is 11.5 Å². The zero-order valence-corrected chi connectivity index (χ0v) is 18.9. The summed E-state index contributed by atoms with van der Waals surface area (Å²) >= 11 is 0. The molecule has 0 saturated carbocycles. The summed E-state index contributed by atoms with van der Waals surface area (Å²) in [5, 5.41) is 2.87. The fourth-order valence-electron chi connectivity index (χ4n) is 3.10. The molecule has 0 aliphatic carbocycles. The molecule has 0 aliphatic rings. The van der Waals surface area contributed by atoms with Gasteiger partial charge in [-0.05, 0) is 59.5 Å². The number of nitrogens with zero attached hydrogens (tertiary/aromatic N) is 1. The molecule has 1 N–H and O–H groups in total. The van der Waals surface area contributed by atoms with Crippen LogP contribution in [0.25, 0.3) is 5.57 Å². The first kappa shape index (κ1) is 23.6. The maximum Gasteiger partial charge on any atom is 0.243 e. The SMILES string of the molecule is COc1ccc(C(=CC=CC(=O)NCCCOc2cccnc2)c2ccc(OC)cc2)cc1. The molecule has 1 amide bonds. The lowest BCUT2D eigenvalue weighted by atomic mass is 9.97. The van der Waals surface area contributed by atoms with E-state index in [1.807, 2.05) is 66.7 Å². The number of amides is 1. The van der Waals surface area contributed by atoms with E-state index >= 15 is 0 Å². The van der Waals surface area contributed by atoms with Gasteiger partial charge in [-0.2, -0.15) is 0 Å². The number of hydrogen-bond donors (Lipinski definition) is 1. The number of carbonyl (C=O) groups excluding carboxylic acids is 1. The normalized spacial score (nSPS) is 10.5. The number of pyridine rings is 1. The third-order valence-electron chi connectivity index (χ3n) is 4.84. The summed E-state index contributed by atoms with van der Waals surface area (Å²) < 4.78 is 16.1. The standard InChI is InChI=1S/C27H28N2O4/c1-31-23-13-9-21(10-14-23)26(22-11-15-24(32-2)16-12-22)7-3-8-27(30)29-18-5-19-33-25-6-4-17-28-20-25/h3-4,6-17,20H,5,18-19H2,1-2H3,(H,29,30). The molecule has 6 nitrogen and oxygen atoms in total. The number of allylic oxidation sites excluding steroid dienone is 2. The maximum absolute atomic E-state index is 12.2. The van der Waals surface area contributed by atoms with Gasteiger partial charge in [-0.3, -0.25) is 9.78 Å². The average Bonchev–Trinajstić information content (AvgIpc) is 2.87. The Kier molecular flexibility index (Phi) is 9.09. The van der Waals surface area contributed by atoms with Crippen LogP contribution in [0, 0.1) is 0 Å². The van der Waals surface area contributed by atoms with Crippen LogP contribution in [0.15, 0.2) is 91.3 Å². The van der Waals surface area contributed by atoms with E-state index in [-0.39, 0.29) is 5.91 Å². The van der Waals surface area contributed by atoms with E-state index in [1.165, 1.54) is 6.08 Å². The second-order valence-electron chi connectivity index (χ2n) is 7.08. The van der Waals surface area contributed by atoms with E-state index in [0.29, 0.717) is 19.6 Å². The molecule has 0 radical (unpaired) electrons. The summed E-state index contributed by atoms with van der Waals surface area (Å²) in [7, 11) is 3.28. The number of rotatable bonds is 11. The Morgan fingerprint density at radius 1 is 0.909 bits per heavy atom. The van der Waals surface area contributed by atoms with E-state index < -0.39 is 0 Å². The van der Waals surface area contributed by atoms with E-state index in [9.17, 15) is 4.79 Å². The van der Waals surface area contributed by atoms with Gasteiger partial charge in [0.15, 0.2) is 0 Å². The number of ether oxygens (including phenoxy) is 3. The van der Waals surface area contributed by atoms with Gasteiger partial charge in [0.2, 0.25) is 5.91 Å². The van der Waals surface area contributed by atoms with Crippen molar-refractivity contribution < 1.29 is 19.0 Å². The van der Waals surface area contributed by atoms with Crippen LogP contribution in [0.1, 0.15) is 17.5 Å². The molecule has 6 heteroatoms. The summed E-state index contributed by atoms with van der Waals surface area (Å²) in [5.41, 5.74) is 3.01. The number of nitrogens with one attached hydrogen (secondary N) is 1. The number of aromatic nitrogens is 1. The predicted octanol–water partition coefficient (Wildman–Crippen LogP) is 4.67. The van der Waals surface area contributed by atoms with Crippen molar-refractivity contribution in [3.8, 4) is 17.2 Å². The van der Waals surface area contributed by atoms with Crippen LogP contribution in [0.5, 0.6) is 17.2 Å². The lowest BCUT2D eigenvalue weighted by Gasteiger charge is -2.10. The fraction of sp³-hybridized carbons (Fsp3) is 0.185. The van der Waals surface area contributed by atoms with Gasteiger partial charge in [-0.1, -0.05) is 36.4 Å². The fourth-order valence-corrected chi connectivity index (χ4v) is 3.10. The average molecular weight is 445 g/mol. The highest BCUT2D eigenvalue weighted by Gasteiger charge is 2.06. The van der Waals surface area contributed by atoms with Gasteiger partial charge in [0.05, 0.1) is 27.0 Å². The topological polar surface area (TPSA) is 69.7 Å². The smallest absolute Gasteiger partial charge is 0.243 e. The second-order valence-corrected chi connectivity index (χ2v) is 7.08. The van der Waals surface area contributed by atoms with Crippen LogP contribution in [0.3, 0.4) is 0 Å².